The first-order chi connectivity index (χ1) is 9.02. The summed E-state index contributed by atoms with van der Waals surface area (Å²) in [6.45, 7) is 1.82. The molecule has 2 aromatic rings. The number of aryl methyl sites for hydroxylation is 1. The van der Waals surface area contributed by atoms with Crippen molar-refractivity contribution in [2.45, 2.75) is 6.92 Å². The molecule has 0 aliphatic rings. The molecule has 0 radical (unpaired) electrons. The van der Waals surface area contributed by atoms with Crippen LogP contribution in [0.1, 0.15) is 16.1 Å². The third-order valence-corrected chi connectivity index (χ3v) is 3.29. The average Bonchev–Trinajstić information content (AvgIpc) is 2.37. The van der Waals surface area contributed by atoms with Crippen LogP contribution in [0.2, 0.25) is 0 Å². The summed E-state index contributed by atoms with van der Waals surface area (Å²) >= 11 is 3.21. The van der Waals surface area contributed by atoms with E-state index >= 15 is 0 Å². The molecule has 0 atom stereocenters. The molecule has 0 spiro atoms. The minimum atomic E-state index is -1.01. The molecule has 0 bridgehead atoms. The summed E-state index contributed by atoms with van der Waals surface area (Å²) in [5.74, 6) is -0.282. The first kappa shape index (κ1) is 13.5. The van der Waals surface area contributed by atoms with Crippen molar-refractivity contribution in [3.8, 4) is 16.9 Å². The molecule has 0 amide bonds. The van der Waals surface area contributed by atoms with Gasteiger partial charge < -0.3 is 9.84 Å². The van der Waals surface area contributed by atoms with E-state index in [-0.39, 0.29) is 5.56 Å². The zero-order chi connectivity index (χ0) is 14.0. The number of hydrogen-bond acceptors (Lipinski definition) is 3. The number of carboxylic acid groups (broad SMARTS) is 1. The molecule has 0 saturated carbocycles. The quantitative estimate of drug-likeness (QED) is 0.878. The Bertz CT molecular complexity index is 623. The number of benzene rings is 1. The van der Waals surface area contributed by atoms with Crippen LogP contribution < -0.4 is 4.74 Å². The van der Waals surface area contributed by atoms with Crippen LogP contribution in [0.4, 0.5) is 0 Å². The Morgan fingerprint density at radius 3 is 2.47 bits per heavy atom. The maximum absolute atomic E-state index is 11.4. The number of pyridine rings is 1. The van der Waals surface area contributed by atoms with Crippen molar-refractivity contribution >= 4 is 21.9 Å². The van der Waals surface area contributed by atoms with Crippen molar-refractivity contribution < 1.29 is 14.6 Å². The molecule has 2 rings (SSSR count). The van der Waals surface area contributed by atoms with Crippen LogP contribution in [0.15, 0.2) is 34.9 Å². The Kier molecular flexibility index (Phi) is 3.85. The van der Waals surface area contributed by atoms with Gasteiger partial charge in [-0.05, 0) is 46.6 Å². The minimum absolute atomic E-state index is 0.163. The Morgan fingerprint density at radius 1 is 1.32 bits per heavy atom. The fourth-order valence-corrected chi connectivity index (χ4v) is 2.50. The number of aromatic carboxylic acids is 1. The summed E-state index contributed by atoms with van der Waals surface area (Å²) in [7, 11) is 1.59. The van der Waals surface area contributed by atoms with E-state index in [0.717, 1.165) is 17.0 Å². The van der Waals surface area contributed by atoms with Crippen LogP contribution in [-0.4, -0.2) is 23.2 Å². The first-order valence-corrected chi connectivity index (χ1v) is 6.37. The molecule has 1 aromatic heterocycles. The Morgan fingerprint density at radius 2 is 1.95 bits per heavy atom. The molecule has 1 N–H and O–H groups in total. The highest BCUT2D eigenvalue weighted by atomic mass is 79.9. The molecule has 0 saturated heterocycles. The van der Waals surface area contributed by atoms with Crippen LogP contribution in [0, 0.1) is 6.92 Å². The Hall–Kier alpha value is -1.88. The van der Waals surface area contributed by atoms with E-state index in [1.807, 2.05) is 19.1 Å². The zero-order valence-electron chi connectivity index (χ0n) is 10.5. The monoisotopic (exact) mass is 321 g/mol. The van der Waals surface area contributed by atoms with E-state index < -0.39 is 5.97 Å². The van der Waals surface area contributed by atoms with Gasteiger partial charge in [0.25, 0.3) is 0 Å². The summed E-state index contributed by atoms with van der Waals surface area (Å²) in [5.41, 5.74) is 2.36. The smallest absolute Gasteiger partial charge is 0.339 e. The number of ether oxygens (including phenoxy) is 1. The fourth-order valence-electron chi connectivity index (χ4n) is 1.84. The third kappa shape index (κ3) is 2.76. The van der Waals surface area contributed by atoms with Gasteiger partial charge in [0.1, 0.15) is 15.9 Å². The maximum Gasteiger partial charge on any atom is 0.339 e. The SMILES string of the molecule is COc1ccc(-c2cc(C)nc(Br)c2C(=O)O)cc1. The number of hydrogen-bond donors (Lipinski definition) is 1. The molecular weight excluding hydrogens is 310 g/mol. The number of halogens is 1. The van der Waals surface area contributed by atoms with Gasteiger partial charge in [-0.3, -0.25) is 0 Å². The van der Waals surface area contributed by atoms with Gasteiger partial charge in [-0.25, -0.2) is 9.78 Å². The van der Waals surface area contributed by atoms with Crippen LogP contribution in [-0.2, 0) is 0 Å². The van der Waals surface area contributed by atoms with Gasteiger partial charge in [-0.1, -0.05) is 12.1 Å². The lowest BCUT2D eigenvalue weighted by Gasteiger charge is -2.10. The highest BCUT2D eigenvalue weighted by Crippen LogP contribution is 2.30. The predicted molar refractivity (Wildman–Crippen MR) is 75.6 cm³/mol. The van der Waals surface area contributed by atoms with Crippen molar-refractivity contribution in [3.63, 3.8) is 0 Å². The van der Waals surface area contributed by atoms with Gasteiger partial charge in [0.05, 0.1) is 7.11 Å². The summed E-state index contributed by atoms with van der Waals surface area (Å²) < 4.78 is 5.43. The van der Waals surface area contributed by atoms with E-state index in [1.54, 1.807) is 25.3 Å². The molecule has 1 heterocycles. The Balaban J connectivity index is 2.62. The average molecular weight is 322 g/mol. The fraction of sp³-hybridized carbons (Fsp3) is 0.143. The van der Waals surface area contributed by atoms with Crippen LogP contribution >= 0.6 is 15.9 Å². The second-order valence-electron chi connectivity index (χ2n) is 4.01. The number of nitrogens with zero attached hydrogens (tertiary/aromatic N) is 1. The minimum Gasteiger partial charge on any atom is -0.497 e. The highest BCUT2D eigenvalue weighted by molar-refractivity contribution is 9.10. The third-order valence-electron chi connectivity index (χ3n) is 2.72. The number of methoxy groups -OCH3 is 1. The molecule has 0 unspecified atom stereocenters. The molecular formula is C14H12BrNO3. The molecule has 0 fully saturated rings. The van der Waals surface area contributed by atoms with E-state index in [2.05, 4.69) is 20.9 Å². The molecule has 5 heteroatoms. The lowest BCUT2D eigenvalue weighted by molar-refractivity contribution is 0.0696. The van der Waals surface area contributed by atoms with Crippen molar-refractivity contribution in [2.24, 2.45) is 0 Å². The van der Waals surface area contributed by atoms with Gasteiger partial charge in [-0.2, -0.15) is 0 Å². The molecule has 4 nitrogen and oxygen atoms in total. The number of rotatable bonds is 3. The van der Waals surface area contributed by atoms with Gasteiger partial charge in [-0.15, -0.1) is 0 Å². The molecule has 98 valence electrons. The molecule has 0 aliphatic carbocycles. The Labute approximate surface area is 119 Å². The zero-order valence-corrected chi connectivity index (χ0v) is 12.1. The van der Waals surface area contributed by atoms with E-state index in [9.17, 15) is 9.90 Å². The van der Waals surface area contributed by atoms with Crippen LogP contribution in [0.3, 0.4) is 0 Å². The largest absolute Gasteiger partial charge is 0.497 e. The second-order valence-corrected chi connectivity index (χ2v) is 4.76. The van der Waals surface area contributed by atoms with Crippen molar-refractivity contribution in [1.82, 2.24) is 4.98 Å². The normalized spacial score (nSPS) is 10.3. The maximum atomic E-state index is 11.4. The van der Waals surface area contributed by atoms with E-state index in [4.69, 9.17) is 4.74 Å². The second kappa shape index (κ2) is 5.40. The standard InChI is InChI=1S/C14H12BrNO3/c1-8-7-11(12(14(17)18)13(15)16-8)9-3-5-10(19-2)6-4-9/h3-7H,1-2H3,(H,17,18). The first-order valence-electron chi connectivity index (χ1n) is 5.58. The highest BCUT2D eigenvalue weighted by Gasteiger charge is 2.17. The van der Waals surface area contributed by atoms with Gasteiger partial charge >= 0.3 is 5.97 Å². The predicted octanol–water partition coefficient (Wildman–Crippen LogP) is 3.53. The van der Waals surface area contributed by atoms with Gasteiger partial charge in [0.2, 0.25) is 0 Å². The van der Waals surface area contributed by atoms with Crippen molar-refractivity contribution in [1.29, 1.82) is 0 Å². The number of aromatic nitrogens is 1. The molecule has 19 heavy (non-hydrogen) atoms. The number of carbonyl (C=O) groups is 1. The van der Waals surface area contributed by atoms with Gasteiger partial charge in [0, 0.05) is 11.3 Å². The molecule has 0 aliphatic heterocycles. The summed E-state index contributed by atoms with van der Waals surface area (Å²) in [6, 6.07) is 9.00. The van der Waals surface area contributed by atoms with Gasteiger partial charge in [0.15, 0.2) is 0 Å². The summed E-state index contributed by atoms with van der Waals surface area (Å²) in [4.78, 5) is 15.5. The van der Waals surface area contributed by atoms with E-state index in [0.29, 0.717) is 10.2 Å². The summed E-state index contributed by atoms with van der Waals surface area (Å²) in [6.07, 6.45) is 0. The van der Waals surface area contributed by atoms with Crippen molar-refractivity contribution in [3.05, 3.63) is 46.2 Å². The lowest BCUT2D eigenvalue weighted by Crippen LogP contribution is -2.04. The lowest BCUT2D eigenvalue weighted by atomic mass is 10.0. The summed E-state index contributed by atoms with van der Waals surface area (Å²) in [5, 5.41) is 9.30. The van der Waals surface area contributed by atoms with Crippen LogP contribution in [0.5, 0.6) is 5.75 Å². The topological polar surface area (TPSA) is 59.4 Å². The van der Waals surface area contributed by atoms with E-state index in [1.165, 1.54) is 0 Å². The number of carboxylic acids is 1. The van der Waals surface area contributed by atoms with Crippen LogP contribution in [0.25, 0.3) is 11.1 Å². The molecule has 1 aromatic carbocycles. The van der Waals surface area contributed by atoms with Crippen molar-refractivity contribution in [2.75, 3.05) is 7.11 Å².